The Morgan fingerprint density at radius 3 is 2.95 bits per heavy atom. The van der Waals surface area contributed by atoms with Crippen LogP contribution in [0, 0.1) is 5.82 Å². The quantitative estimate of drug-likeness (QED) is 0.881. The van der Waals surface area contributed by atoms with Crippen LogP contribution in [0.25, 0.3) is 0 Å². The van der Waals surface area contributed by atoms with Crippen molar-refractivity contribution >= 4 is 11.8 Å². The molecule has 1 N–H and O–H groups in total. The number of nitrogens with one attached hydrogen (secondary N) is 1. The van der Waals surface area contributed by atoms with E-state index < -0.39 is 0 Å². The van der Waals surface area contributed by atoms with Gasteiger partial charge in [0.05, 0.1) is 11.4 Å². The monoisotopic (exact) mass is 303 g/mol. The Kier molecular flexibility index (Phi) is 4.51. The van der Waals surface area contributed by atoms with E-state index in [-0.39, 0.29) is 5.82 Å². The first-order valence-electron chi connectivity index (χ1n) is 7.23. The van der Waals surface area contributed by atoms with Gasteiger partial charge in [-0.25, -0.2) is 14.4 Å². The summed E-state index contributed by atoms with van der Waals surface area (Å²) < 4.78 is 13.6. The molecule has 21 heavy (non-hydrogen) atoms. The fourth-order valence-electron chi connectivity index (χ4n) is 2.53. The fraction of sp³-hybridized carbons (Fsp3) is 0.375. The molecule has 3 nitrogen and oxygen atoms in total. The van der Waals surface area contributed by atoms with Crippen LogP contribution in [0.2, 0.25) is 0 Å². The van der Waals surface area contributed by atoms with Gasteiger partial charge in [0.1, 0.15) is 11.6 Å². The molecule has 0 aliphatic carbocycles. The molecular weight excluding hydrogens is 285 g/mol. The predicted octanol–water partition coefficient (Wildman–Crippen LogP) is 3.12. The maximum absolute atomic E-state index is 13.6. The Hall–Kier alpha value is -1.46. The minimum atomic E-state index is -0.180. The average molecular weight is 303 g/mol. The van der Waals surface area contributed by atoms with Crippen LogP contribution >= 0.6 is 11.8 Å². The summed E-state index contributed by atoms with van der Waals surface area (Å²) in [5.41, 5.74) is 3.53. The van der Waals surface area contributed by atoms with Crippen LogP contribution in [0.1, 0.15) is 29.7 Å². The lowest BCUT2D eigenvalue weighted by atomic mass is 10.0. The zero-order chi connectivity index (χ0) is 14.7. The van der Waals surface area contributed by atoms with E-state index in [1.54, 1.807) is 12.1 Å². The van der Waals surface area contributed by atoms with Gasteiger partial charge in [-0.05, 0) is 18.6 Å². The molecule has 0 saturated heterocycles. The SMILES string of the molecule is CCc1nc(CSc2ccccc2F)nc2c1CNCC2. The van der Waals surface area contributed by atoms with Crippen molar-refractivity contribution in [3.63, 3.8) is 0 Å². The third-order valence-electron chi connectivity index (χ3n) is 3.59. The molecule has 1 aliphatic rings. The van der Waals surface area contributed by atoms with Crippen LogP contribution in [-0.2, 0) is 25.1 Å². The maximum Gasteiger partial charge on any atom is 0.139 e. The van der Waals surface area contributed by atoms with Gasteiger partial charge in [-0.3, -0.25) is 0 Å². The van der Waals surface area contributed by atoms with Gasteiger partial charge in [-0.15, -0.1) is 11.8 Å². The number of aryl methyl sites for hydroxylation is 1. The van der Waals surface area contributed by atoms with E-state index in [0.29, 0.717) is 10.6 Å². The molecule has 0 amide bonds. The minimum absolute atomic E-state index is 0.180. The zero-order valence-electron chi connectivity index (χ0n) is 12.0. The van der Waals surface area contributed by atoms with Crippen molar-refractivity contribution in [2.45, 2.75) is 37.0 Å². The summed E-state index contributed by atoms with van der Waals surface area (Å²) in [6.07, 6.45) is 1.85. The number of aromatic nitrogens is 2. The van der Waals surface area contributed by atoms with Crippen molar-refractivity contribution in [1.82, 2.24) is 15.3 Å². The summed E-state index contributed by atoms with van der Waals surface area (Å²) in [7, 11) is 0. The zero-order valence-corrected chi connectivity index (χ0v) is 12.8. The lowest BCUT2D eigenvalue weighted by Gasteiger charge is -2.19. The van der Waals surface area contributed by atoms with Crippen LogP contribution < -0.4 is 5.32 Å². The van der Waals surface area contributed by atoms with E-state index >= 15 is 0 Å². The van der Waals surface area contributed by atoms with Gasteiger partial charge < -0.3 is 5.32 Å². The summed E-state index contributed by atoms with van der Waals surface area (Å²) in [6, 6.07) is 6.83. The van der Waals surface area contributed by atoms with Gasteiger partial charge in [0.2, 0.25) is 0 Å². The van der Waals surface area contributed by atoms with Gasteiger partial charge in [0.15, 0.2) is 0 Å². The summed E-state index contributed by atoms with van der Waals surface area (Å²) in [4.78, 5) is 9.98. The van der Waals surface area contributed by atoms with Gasteiger partial charge >= 0.3 is 0 Å². The number of halogens is 1. The Balaban J connectivity index is 1.81. The predicted molar refractivity (Wildman–Crippen MR) is 82.8 cm³/mol. The van der Waals surface area contributed by atoms with Crippen LogP contribution in [0.4, 0.5) is 4.39 Å². The Bertz CT molecular complexity index is 628. The summed E-state index contributed by atoms with van der Waals surface area (Å²) in [6.45, 7) is 3.94. The molecule has 0 bridgehead atoms. The third kappa shape index (κ3) is 3.24. The summed E-state index contributed by atoms with van der Waals surface area (Å²) in [5.74, 6) is 1.23. The molecule has 0 unspecified atom stereocenters. The second-order valence-electron chi connectivity index (χ2n) is 5.01. The molecule has 1 aromatic heterocycles. The highest BCUT2D eigenvalue weighted by Crippen LogP contribution is 2.25. The highest BCUT2D eigenvalue weighted by Gasteiger charge is 2.16. The lowest BCUT2D eigenvalue weighted by molar-refractivity contribution is 0.601. The second-order valence-corrected chi connectivity index (χ2v) is 6.03. The lowest BCUT2D eigenvalue weighted by Crippen LogP contribution is -2.27. The Labute approximate surface area is 128 Å². The molecule has 0 radical (unpaired) electrons. The molecule has 0 fully saturated rings. The molecule has 0 atom stereocenters. The molecule has 110 valence electrons. The summed E-state index contributed by atoms with van der Waals surface area (Å²) in [5, 5.41) is 3.37. The number of hydrogen-bond donors (Lipinski definition) is 1. The topological polar surface area (TPSA) is 37.8 Å². The number of rotatable bonds is 4. The second kappa shape index (κ2) is 6.54. The van der Waals surface area contributed by atoms with Crippen molar-refractivity contribution in [2.75, 3.05) is 6.54 Å². The van der Waals surface area contributed by atoms with Crippen LogP contribution in [-0.4, -0.2) is 16.5 Å². The molecular formula is C16H18FN3S. The highest BCUT2D eigenvalue weighted by atomic mass is 32.2. The van der Waals surface area contributed by atoms with Crippen molar-refractivity contribution in [3.8, 4) is 0 Å². The van der Waals surface area contributed by atoms with E-state index in [0.717, 1.165) is 43.1 Å². The molecule has 0 saturated carbocycles. The first-order valence-corrected chi connectivity index (χ1v) is 8.22. The number of hydrogen-bond acceptors (Lipinski definition) is 4. The minimum Gasteiger partial charge on any atom is -0.312 e. The van der Waals surface area contributed by atoms with Gasteiger partial charge in [0, 0.05) is 35.7 Å². The van der Waals surface area contributed by atoms with E-state index in [4.69, 9.17) is 0 Å². The van der Waals surface area contributed by atoms with E-state index in [1.807, 2.05) is 6.07 Å². The van der Waals surface area contributed by atoms with Crippen molar-refractivity contribution < 1.29 is 4.39 Å². The Morgan fingerprint density at radius 2 is 2.14 bits per heavy atom. The Morgan fingerprint density at radius 1 is 1.29 bits per heavy atom. The third-order valence-corrected chi connectivity index (χ3v) is 4.64. The van der Waals surface area contributed by atoms with E-state index in [2.05, 4.69) is 22.2 Å². The molecule has 2 heterocycles. The largest absolute Gasteiger partial charge is 0.312 e. The molecule has 1 aromatic carbocycles. The summed E-state index contributed by atoms with van der Waals surface area (Å²) >= 11 is 1.45. The molecule has 2 aromatic rings. The van der Waals surface area contributed by atoms with Crippen LogP contribution in [0.15, 0.2) is 29.2 Å². The number of nitrogens with zero attached hydrogens (tertiary/aromatic N) is 2. The fourth-order valence-corrected chi connectivity index (χ4v) is 3.32. The molecule has 5 heteroatoms. The molecule has 0 spiro atoms. The average Bonchev–Trinajstić information content (AvgIpc) is 2.53. The van der Waals surface area contributed by atoms with Crippen LogP contribution in [0.3, 0.4) is 0 Å². The smallest absolute Gasteiger partial charge is 0.139 e. The first kappa shape index (κ1) is 14.5. The number of thioether (sulfide) groups is 1. The van der Waals surface area contributed by atoms with Gasteiger partial charge in [-0.2, -0.15) is 0 Å². The standard InChI is InChI=1S/C16H18FN3S/c1-2-13-11-9-18-8-7-14(11)20-16(19-13)10-21-15-6-4-3-5-12(15)17/h3-6,18H,2,7-10H2,1H3. The first-order chi connectivity index (χ1) is 10.3. The molecule has 1 aliphatic heterocycles. The van der Waals surface area contributed by atoms with E-state index in [9.17, 15) is 4.39 Å². The van der Waals surface area contributed by atoms with Crippen LogP contribution in [0.5, 0.6) is 0 Å². The number of benzene rings is 1. The van der Waals surface area contributed by atoms with Crippen molar-refractivity contribution in [1.29, 1.82) is 0 Å². The van der Waals surface area contributed by atoms with Crippen molar-refractivity contribution in [2.24, 2.45) is 0 Å². The normalized spacial score (nSPS) is 14.0. The van der Waals surface area contributed by atoms with E-state index in [1.165, 1.54) is 23.4 Å². The highest BCUT2D eigenvalue weighted by molar-refractivity contribution is 7.98. The molecule has 3 rings (SSSR count). The maximum atomic E-state index is 13.6. The van der Waals surface area contributed by atoms with Gasteiger partial charge in [0.25, 0.3) is 0 Å². The van der Waals surface area contributed by atoms with Crippen molar-refractivity contribution in [3.05, 3.63) is 52.9 Å². The van der Waals surface area contributed by atoms with Gasteiger partial charge in [-0.1, -0.05) is 19.1 Å². The number of fused-ring (bicyclic) bond motifs is 1.